The Hall–Kier alpha value is -2.01. The van der Waals surface area contributed by atoms with Crippen molar-refractivity contribution in [2.75, 3.05) is 5.32 Å². The molecule has 20 heavy (non-hydrogen) atoms. The molecule has 4 nitrogen and oxygen atoms in total. The van der Waals surface area contributed by atoms with Crippen LogP contribution in [0.5, 0.6) is 0 Å². The van der Waals surface area contributed by atoms with Crippen molar-refractivity contribution >= 4 is 23.4 Å². The SMILES string of the molecule is Cc1ccccc1NC(=O)C(C)Sc1cccc[n+]1[O-]. The van der Waals surface area contributed by atoms with E-state index in [0.29, 0.717) is 5.03 Å². The number of carbonyl (C=O) groups is 1. The number of rotatable bonds is 4. The minimum absolute atomic E-state index is 0.117. The molecule has 1 aromatic carbocycles. The Kier molecular flexibility index (Phi) is 4.63. The van der Waals surface area contributed by atoms with E-state index in [2.05, 4.69) is 5.32 Å². The standard InChI is InChI=1S/C15H16N2O2S/c1-11-7-3-4-8-13(11)16-15(18)12(2)20-14-9-5-6-10-17(14)19/h3-10,12H,1-2H3,(H,16,18). The van der Waals surface area contributed by atoms with E-state index in [1.807, 2.05) is 31.2 Å². The number of aromatic nitrogens is 1. The van der Waals surface area contributed by atoms with Crippen molar-refractivity contribution in [3.8, 4) is 0 Å². The van der Waals surface area contributed by atoms with Gasteiger partial charge in [0.1, 0.15) is 0 Å². The largest absolute Gasteiger partial charge is 0.618 e. The number of thioether (sulfide) groups is 1. The molecule has 0 saturated heterocycles. The van der Waals surface area contributed by atoms with Crippen LogP contribution in [0.25, 0.3) is 0 Å². The number of hydrogen-bond donors (Lipinski definition) is 1. The molecule has 104 valence electrons. The zero-order valence-electron chi connectivity index (χ0n) is 11.4. The molecule has 0 bridgehead atoms. The van der Waals surface area contributed by atoms with Crippen LogP contribution in [0, 0.1) is 12.1 Å². The summed E-state index contributed by atoms with van der Waals surface area (Å²) in [7, 11) is 0. The Labute approximate surface area is 122 Å². The smallest absolute Gasteiger partial charge is 0.252 e. The highest BCUT2D eigenvalue weighted by atomic mass is 32.2. The first-order valence-corrected chi connectivity index (χ1v) is 7.17. The molecular formula is C15H16N2O2S. The summed E-state index contributed by atoms with van der Waals surface area (Å²) in [6.45, 7) is 3.72. The highest BCUT2D eigenvalue weighted by Crippen LogP contribution is 2.21. The van der Waals surface area contributed by atoms with Crippen LogP contribution in [0.15, 0.2) is 53.7 Å². The van der Waals surface area contributed by atoms with E-state index in [0.717, 1.165) is 16.0 Å². The molecule has 0 aliphatic heterocycles. The van der Waals surface area contributed by atoms with Gasteiger partial charge in [-0.3, -0.25) is 4.79 Å². The predicted molar refractivity (Wildman–Crippen MR) is 80.5 cm³/mol. The quantitative estimate of drug-likeness (QED) is 0.534. The molecule has 0 radical (unpaired) electrons. The predicted octanol–water partition coefficient (Wildman–Crippen LogP) is 2.75. The first kappa shape index (κ1) is 14.4. The highest BCUT2D eigenvalue weighted by molar-refractivity contribution is 8.00. The second kappa shape index (κ2) is 6.43. The van der Waals surface area contributed by atoms with Crippen molar-refractivity contribution < 1.29 is 9.52 Å². The lowest BCUT2D eigenvalue weighted by Gasteiger charge is -2.12. The summed E-state index contributed by atoms with van der Waals surface area (Å²) < 4.78 is 0.766. The average molecular weight is 288 g/mol. The number of hydrogen-bond acceptors (Lipinski definition) is 3. The summed E-state index contributed by atoms with van der Waals surface area (Å²) in [5.74, 6) is -0.117. The van der Waals surface area contributed by atoms with Crippen molar-refractivity contribution in [2.45, 2.75) is 24.1 Å². The van der Waals surface area contributed by atoms with E-state index in [1.165, 1.54) is 18.0 Å². The van der Waals surface area contributed by atoms with E-state index in [1.54, 1.807) is 25.1 Å². The summed E-state index contributed by atoms with van der Waals surface area (Å²) in [5, 5.41) is 14.6. The Bertz CT molecular complexity index is 616. The van der Waals surface area contributed by atoms with E-state index < -0.39 is 0 Å². The van der Waals surface area contributed by atoms with Crippen molar-refractivity contribution in [3.05, 3.63) is 59.4 Å². The van der Waals surface area contributed by atoms with Crippen LogP contribution in [0.2, 0.25) is 0 Å². The van der Waals surface area contributed by atoms with Crippen LogP contribution >= 0.6 is 11.8 Å². The summed E-state index contributed by atoms with van der Waals surface area (Å²) in [6.07, 6.45) is 1.42. The Morgan fingerprint density at radius 2 is 1.95 bits per heavy atom. The van der Waals surface area contributed by atoms with Gasteiger partial charge in [0, 0.05) is 17.8 Å². The Morgan fingerprint density at radius 3 is 2.65 bits per heavy atom. The van der Waals surface area contributed by atoms with E-state index in [4.69, 9.17) is 0 Å². The first-order chi connectivity index (χ1) is 9.58. The third kappa shape index (κ3) is 3.51. The van der Waals surface area contributed by atoms with Crippen LogP contribution < -0.4 is 10.0 Å². The maximum Gasteiger partial charge on any atom is 0.252 e. The van der Waals surface area contributed by atoms with Crippen molar-refractivity contribution in [2.24, 2.45) is 0 Å². The number of para-hydroxylation sites is 1. The number of pyridine rings is 1. The second-order valence-electron chi connectivity index (χ2n) is 4.43. The second-order valence-corrected chi connectivity index (χ2v) is 5.79. The first-order valence-electron chi connectivity index (χ1n) is 6.29. The zero-order valence-corrected chi connectivity index (χ0v) is 12.2. The molecule has 0 saturated carbocycles. The van der Waals surface area contributed by atoms with Gasteiger partial charge in [-0.15, -0.1) is 0 Å². The molecular weight excluding hydrogens is 272 g/mol. The number of anilines is 1. The highest BCUT2D eigenvalue weighted by Gasteiger charge is 2.19. The molecule has 0 spiro atoms. The van der Waals surface area contributed by atoms with E-state index >= 15 is 0 Å². The molecule has 1 amide bonds. The van der Waals surface area contributed by atoms with Crippen molar-refractivity contribution in [1.29, 1.82) is 0 Å². The summed E-state index contributed by atoms with van der Waals surface area (Å²) in [6, 6.07) is 12.8. The number of amides is 1. The molecule has 0 aliphatic carbocycles. The normalized spacial score (nSPS) is 11.9. The lowest BCUT2D eigenvalue weighted by Crippen LogP contribution is -2.30. The minimum atomic E-state index is -0.350. The van der Waals surface area contributed by atoms with Gasteiger partial charge in [0.15, 0.2) is 6.20 Å². The lowest BCUT2D eigenvalue weighted by molar-refractivity contribution is -0.645. The fourth-order valence-electron chi connectivity index (χ4n) is 1.69. The summed E-state index contributed by atoms with van der Waals surface area (Å²) in [5.41, 5.74) is 1.81. The third-order valence-electron chi connectivity index (χ3n) is 2.86. The molecule has 2 rings (SSSR count). The van der Waals surface area contributed by atoms with Gasteiger partial charge in [-0.2, -0.15) is 4.73 Å². The van der Waals surface area contributed by atoms with Gasteiger partial charge in [-0.05, 0) is 43.3 Å². The van der Waals surface area contributed by atoms with Crippen LogP contribution in [-0.4, -0.2) is 11.2 Å². The molecule has 5 heteroatoms. The average Bonchev–Trinajstić information content (AvgIpc) is 2.43. The molecule has 0 fully saturated rings. The molecule has 2 aromatic rings. The number of carbonyl (C=O) groups excluding carboxylic acids is 1. The van der Waals surface area contributed by atoms with Gasteiger partial charge in [0.05, 0.1) is 5.25 Å². The fraction of sp³-hybridized carbons (Fsp3) is 0.200. The van der Waals surface area contributed by atoms with E-state index in [-0.39, 0.29) is 11.2 Å². The van der Waals surface area contributed by atoms with Gasteiger partial charge in [0.25, 0.3) is 5.03 Å². The maximum atomic E-state index is 12.1. The Balaban J connectivity index is 2.03. The van der Waals surface area contributed by atoms with Crippen molar-refractivity contribution in [3.63, 3.8) is 0 Å². The third-order valence-corrected chi connectivity index (χ3v) is 3.98. The van der Waals surface area contributed by atoms with Gasteiger partial charge < -0.3 is 10.5 Å². The van der Waals surface area contributed by atoms with Gasteiger partial charge in [-0.25, -0.2) is 0 Å². The number of nitrogens with zero attached hydrogens (tertiary/aromatic N) is 1. The van der Waals surface area contributed by atoms with Gasteiger partial charge >= 0.3 is 0 Å². The zero-order chi connectivity index (χ0) is 14.5. The molecule has 1 aromatic heterocycles. The molecule has 0 aliphatic rings. The number of benzene rings is 1. The Morgan fingerprint density at radius 1 is 1.25 bits per heavy atom. The topological polar surface area (TPSA) is 56.0 Å². The van der Waals surface area contributed by atoms with Gasteiger partial charge in [0.2, 0.25) is 5.91 Å². The maximum absolute atomic E-state index is 12.1. The van der Waals surface area contributed by atoms with Crippen molar-refractivity contribution in [1.82, 2.24) is 0 Å². The minimum Gasteiger partial charge on any atom is -0.618 e. The summed E-state index contributed by atoms with van der Waals surface area (Å²) >= 11 is 1.24. The molecule has 1 N–H and O–H groups in total. The summed E-state index contributed by atoms with van der Waals surface area (Å²) in [4.78, 5) is 12.1. The fourth-order valence-corrected chi connectivity index (χ4v) is 2.54. The van der Waals surface area contributed by atoms with Gasteiger partial charge in [-0.1, -0.05) is 18.2 Å². The molecule has 1 atom stereocenters. The molecule has 1 unspecified atom stereocenters. The van der Waals surface area contributed by atoms with E-state index in [9.17, 15) is 10.0 Å². The number of aryl methyl sites for hydroxylation is 1. The van der Waals surface area contributed by atoms with Crippen LogP contribution in [-0.2, 0) is 4.79 Å². The number of nitrogens with one attached hydrogen (secondary N) is 1. The van der Waals surface area contributed by atoms with Crippen LogP contribution in [0.3, 0.4) is 0 Å². The molecule has 1 heterocycles. The lowest BCUT2D eigenvalue weighted by atomic mass is 10.2. The van der Waals surface area contributed by atoms with Crippen LogP contribution in [0.1, 0.15) is 12.5 Å². The monoisotopic (exact) mass is 288 g/mol. The van der Waals surface area contributed by atoms with Crippen LogP contribution in [0.4, 0.5) is 5.69 Å².